The Labute approximate surface area is 164 Å². The molecule has 1 aliphatic heterocycles. The smallest absolute Gasteiger partial charge is 0.203 e. The number of rotatable bonds is 4. The first kappa shape index (κ1) is 18.2. The van der Waals surface area contributed by atoms with E-state index in [1.807, 2.05) is 28.9 Å². The molecule has 0 radical (unpaired) electrons. The van der Waals surface area contributed by atoms with Gasteiger partial charge in [0.2, 0.25) is 4.77 Å². The fourth-order valence-electron chi connectivity index (χ4n) is 4.22. The molecule has 4 rings (SSSR count). The Balaban J connectivity index is 1.70. The molecule has 26 heavy (non-hydrogen) atoms. The maximum Gasteiger partial charge on any atom is 0.203 e. The zero-order chi connectivity index (χ0) is 18.1. The molecule has 5 nitrogen and oxygen atoms in total. The quantitative estimate of drug-likeness (QED) is 0.785. The van der Waals surface area contributed by atoms with Gasteiger partial charge in [-0.15, -0.1) is 5.10 Å². The Morgan fingerprint density at radius 3 is 2.54 bits per heavy atom. The average molecular weight is 394 g/mol. The van der Waals surface area contributed by atoms with Crippen molar-refractivity contribution < 1.29 is 10.0 Å². The molecule has 2 N–H and O–H groups in total. The van der Waals surface area contributed by atoms with Gasteiger partial charge >= 0.3 is 0 Å². The Hall–Kier alpha value is -1.21. The first-order chi connectivity index (χ1) is 12.6. The van der Waals surface area contributed by atoms with E-state index in [9.17, 15) is 5.11 Å². The number of likely N-dealkylation sites (tertiary alicyclic amines) is 1. The zero-order valence-electron chi connectivity index (χ0n) is 14.9. The Bertz CT molecular complexity index is 819. The maximum atomic E-state index is 9.74. The standard InChI is InChI=1S/C19H25ClN4OS/c20-17-8-4-3-7-16(17)18-21-23(13-22-11-9-15(25)10-12-22)19(26)24(18)14-5-1-2-6-14/h3-4,7-8,14-15,25H,1-2,5-6,9-13H2/p+1. The second kappa shape index (κ2) is 7.80. The van der Waals surface area contributed by atoms with Crippen LogP contribution in [0.1, 0.15) is 44.6 Å². The van der Waals surface area contributed by atoms with Crippen LogP contribution in [-0.2, 0) is 6.67 Å². The van der Waals surface area contributed by atoms with Crippen molar-refractivity contribution in [1.82, 2.24) is 14.3 Å². The summed E-state index contributed by atoms with van der Waals surface area (Å²) in [4.78, 5) is 1.42. The molecule has 0 atom stereocenters. The van der Waals surface area contributed by atoms with E-state index in [1.54, 1.807) is 0 Å². The highest BCUT2D eigenvalue weighted by Gasteiger charge is 2.26. The van der Waals surface area contributed by atoms with E-state index in [0.29, 0.717) is 11.1 Å². The van der Waals surface area contributed by atoms with Crippen LogP contribution >= 0.6 is 23.8 Å². The molecule has 0 bridgehead atoms. The number of piperidine rings is 1. The summed E-state index contributed by atoms with van der Waals surface area (Å²) in [6, 6.07) is 8.30. The summed E-state index contributed by atoms with van der Waals surface area (Å²) in [7, 11) is 0. The van der Waals surface area contributed by atoms with Gasteiger partial charge in [0.1, 0.15) is 0 Å². The molecule has 0 spiro atoms. The molecule has 140 valence electrons. The fraction of sp³-hybridized carbons (Fsp3) is 0.579. The lowest BCUT2D eigenvalue weighted by atomic mass is 10.1. The van der Waals surface area contributed by atoms with Crippen LogP contribution in [0.3, 0.4) is 0 Å². The van der Waals surface area contributed by atoms with Crippen molar-refractivity contribution in [3.8, 4) is 11.4 Å². The number of hydrogen-bond donors (Lipinski definition) is 2. The Morgan fingerprint density at radius 1 is 1.15 bits per heavy atom. The van der Waals surface area contributed by atoms with Crippen molar-refractivity contribution in [1.29, 1.82) is 0 Å². The lowest BCUT2D eigenvalue weighted by molar-refractivity contribution is -0.929. The van der Waals surface area contributed by atoms with Crippen molar-refractivity contribution in [2.45, 2.75) is 57.3 Å². The second-order valence-corrected chi connectivity index (χ2v) is 8.31. The van der Waals surface area contributed by atoms with Crippen LogP contribution in [0.5, 0.6) is 0 Å². The minimum absolute atomic E-state index is 0.151. The van der Waals surface area contributed by atoms with Crippen molar-refractivity contribution in [2.24, 2.45) is 0 Å². The van der Waals surface area contributed by atoms with E-state index in [4.69, 9.17) is 28.9 Å². The predicted molar refractivity (Wildman–Crippen MR) is 105 cm³/mol. The van der Waals surface area contributed by atoms with Gasteiger partial charge in [-0.1, -0.05) is 36.6 Å². The van der Waals surface area contributed by atoms with Crippen LogP contribution in [0.4, 0.5) is 0 Å². The van der Waals surface area contributed by atoms with Crippen molar-refractivity contribution >= 4 is 23.8 Å². The monoisotopic (exact) mass is 393 g/mol. The minimum Gasteiger partial charge on any atom is -0.393 e. The number of benzene rings is 1. The van der Waals surface area contributed by atoms with Crippen LogP contribution in [0, 0.1) is 4.77 Å². The minimum atomic E-state index is -0.151. The van der Waals surface area contributed by atoms with E-state index >= 15 is 0 Å². The third kappa shape index (κ3) is 3.60. The van der Waals surface area contributed by atoms with Gasteiger partial charge in [-0.25, -0.2) is 0 Å². The molecule has 2 heterocycles. The summed E-state index contributed by atoms with van der Waals surface area (Å²) in [5, 5.41) is 15.4. The third-order valence-corrected chi connectivity index (χ3v) is 6.45. The number of aromatic nitrogens is 3. The second-order valence-electron chi connectivity index (χ2n) is 7.53. The number of aliphatic hydroxyl groups is 1. The summed E-state index contributed by atoms with van der Waals surface area (Å²) >= 11 is 12.3. The molecule has 2 fully saturated rings. The molecule has 2 aromatic rings. The number of quaternary nitrogens is 1. The molecule has 1 aliphatic carbocycles. The third-order valence-electron chi connectivity index (χ3n) is 5.71. The number of halogens is 1. The predicted octanol–water partition coefficient (Wildman–Crippen LogP) is 2.85. The largest absolute Gasteiger partial charge is 0.393 e. The van der Waals surface area contributed by atoms with Gasteiger partial charge in [0.05, 0.1) is 24.2 Å². The lowest BCUT2D eigenvalue weighted by Crippen LogP contribution is -3.12. The first-order valence-electron chi connectivity index (χ1n) is 9.59. The van der Waals surface area contributed by atoms with Gasteiger partial charge in [-0.05, 0) is 37.2 Å². The van der Waals surface area contributed by atoms with Crippen LogP contribution in [0.2, 0.25) is 5.02 Å². The van der Waals surface area contributed by atoms with Gasteiger partial charge in [0, 0.05) is 24.4 Å². The molecule has 1 aromatic heterocycles. The summed E-state index contributed by atoms with van der Waals surface area (Å²) < 4.78 is 5.01. The van der Waals surface area contributed by atoms with Gasteiger partial charge in [-0.3, -0.25) is 4.57 Å². The highest BCUT2D eigenvalue weighted by Crippen LogP contribution is 2.35. The van der Waals surface area contributed by atoms with Crippen LogP contribution in [0.25, 0.3) is 11.4 Å². The summed E-state index contributed by atoms with van der Waals surface area (Å²) in [6.45, 7) is 2.67. The Kier molecular flexibility index (Phi) is 5.45. The van der Waals surface area contributed by atoms with E-state index < -0.39 is 0 Å². The molecule has 1 aromatic carbocycles. The first-order valence-corrected chi connectivity index (χ1v) is 10.4. The van der Waals surface area contributed by atoms with Crippen LogP contribution in [-0.4, -0.2) is 38.6 Å². The normalized spacial score (nSPS) is 24.2. The molecule has 2 aliphatic rings. The number of aliphatic hydroxyl groups excluding tert-OH is 1. The SMILES string of the molecule is OC1CC[NH+](Cn2nc(-c3ccccc3Cl)n(C3CCCC3)c2=S)CC1. The summed E-state index contributed by atoms with van der Waals surface area (Å²) in [5.74, 6) is 0.893. The molecular formula is C19H26ClN4OS+. The summed E-state index contributed by atoms with van der Waals surface area (Å²) in [5.41, 5.74) is 0.954. The number of nitrogens with one attached hydrogen (secondary N) is 1. The van der Waals surface area contributed by atoms with E-state index in [2.05, 4.69) is 4.57 Å². The van der Waals surface area contributed by atoms with Crippen LogP contribution in [0.15, 0.2) is 24.3 Å². The van der Waals surface area contributed by atoms with E-state index in [0.717, 1.165) is 61.6 Å². The van der Waals surface area contributed by atoms with Gasteiger partial charge in [0.25, 0.3) is 0 Å². The van der Waals surface area contributed by atoms with Crippen molar-refractivity contribution in [3.63, 3.8) is 0 Å². The van der Waals surface area contributed by atoms with Gasteiger partial charge in [-0.2, -0.15) is 4.68 Å². The van der Waals surface area contributed by atoms with Gasteiger partial charge < -0.3 is 10.0 Å². The molecule has 0 amide bonds. The average Bonchev–Trinajstić information content (AvgIpc) is 3.26. The molecule has 7 heteroatoms. The van der Waals surface area contributed by atoms with E-state index in [-0.39, 0.29) is 6.10 Å². The summed E-state index contributed by atoms with van der Waals surface area (Å²) in [6.07, 6.45) is 6.35. The van der Waals surface area contributed by atoms with E-state index in [1.165, 1.54) is 17.7 Å². The zero-order valence-corrected chi connectivity index (χ0v) is 16.5. The maximum absolute atomic E-state index is 9.74. The lowest BCUT2D eigenvalue weighted by Gasteiger charge is -2.26. The number of hydrogen-bond acceptors (Lipinski definition) is 3. The fourth-order valence-corrected chi connectivity index (χ4v) is 4.78. The highest BCUT2D eigenvalue weighted by atomic mass is 35.5. The molecule has 0 unspecified atom stereocenters. The molecule has 1 saturated heterocycles. The highest BCUT2D eigenvalue weighted by molar-refractivity contribution is 7.71. The Morgan fingerprint density at radius 2 is 1.85 bits per heavy atom. The van der Waals surface area contributed by atoms with Crippen molar-refractivity contribution in [2.75, 3.05) is 13.1 Å². The molecule has 1 saturated carbocycles. The van der Waals surface area contributed by atoms with Gasteiger partial charge in [0.15, 0.2) is 12.5 Å². The molecular weight excluding hydrogens is 368 g/mol. The van der Waals surface area contributed by atoms with Crippen LogP contribution < -0.4 is 4.90 Å². The topological polar surface area (TPSA) is 47.4 Å². The number of nitrogens with zero attached hydrogens (tertiary/aromatic N) is 3. The van der Waals surface area contributed by atoms with Crippen molar-refractivity contribution in [3.05, 3.63) is 34.1 Å².